The first-order valence-electron chi connectivity index (χ1n) is 4.92. The molecule has 0 aliphatic carbocycles. The van der Waals surface area contributed by atoms with E-state index in [-0.39, 0.29) is 5.75 Å². The number of anilines is 1. The maximum absolute atomic E-state index is 11.6. The Balaban J connectivity index is 2.64. The lowest BCUT2D eigenvalue weighted by atomic mass is 10.2. The standard InChI is InChI=1S/C11H10BrNO3S/c1-2-16-11(15)10-7(13)5-3-4-6(12)8(14)9(5)17-10/h3-4,14H,2,13H2,1H3. The van der Waals surface area contributed by atoms with Gasteiger partial charge in [-0.1, -0.05) is 6.07 Å². The van der Waals surface area contributed by atoms with Crippen molar-refractivity contribution in [2.24, 2.45) is 0 Å². The molecule has 17 heavy (non-hydrogen) atoms. The highest BCUT2D eigenvalue weighted by atomic mass is 79.9. The minimum absolute atomic E-state index is 0.0924. The zero-order valence-electron chi connectivity index (χ0n) is 8.99. The number of rotatable bonds is 2. The van der Waals surface area contributed by atoms with Crippen molar-refractivity contribution in [2.75, 3.05) is 12.3 Å². The Morgan fingerprint density at radius 2 is 2.29 bits per heavy atom. The van der Waals surface area contributed by atoms with Crippen LogP contribution in [0.3, 0.4) is 0 Å². The van der Waals surface area contributed by atoms with Crippen LogP contribution in [0.1, 0.15) is 16.6 Å². The molecule has 3 N–H and O–H groups in total. The van der Waals surface area contributed by atoms with Gasteiger partial charge in [-0.05, 0) is 28.9 Å². The van der Waals surface area contributed by atoms with Gasteiger partial charge in [0.2, 0.25) is 0 Å². The quantitative estimate of drug-likeness (QED) is 0.835. The van der Waals surface area contributed by atoms with Crippen molar-refractivity contribution in [1.82, 2.24) is 0 Å². The number of phenols is 1. The first kappa shape index (κ1) is 12.2. The molecule has 0 bridgehead atoms. The molecule has 0 aliphatic heterocycles. The van der Waals surface area contributed by atoms with E-state index in [1.54, 1.807) is 19.1 Å². The number of nitrogens with two attached hydrogens (primary N) is 1. The van der Waals surface area contributed by atoms with E-state index < -0.39 is 5.97 Å². The van der Waals surface area contributed by atoms with Crippen LogP contribution in [0, 0.1) is 0 Å². The topological polar surface area (TPSA) is 72.5 Å². The minimum Gasteiger partial charge on any atom is -0.505 e. The van der Waals surface area contributed by atoms with Crippen LogP contribution in [0.2, 0.25) is 0 Å². The number of ether oxygens (including phenoxy) is 1. The first-order valence-corrected chi connectivity index (χ1v) is 6.53. The van der Waals surface area contributed by atoms with Crippen LogP contribution in [-0.2, 0) is 4.74 Å². The highest BCUT2D eigenvalue weighted by Crippen LogP contribution is 2.42. The van der Waals surface area contributed by atoms with E-state index in [2.05, 4.69) is 15.9 Å². The number of carbonyl (C=O) groups excluding carboxylic acids is 1. The summed E-state index contributed by atoms with van der Waals surface area (Å²) < 4.78 is 6.06. The summed E-state index contributed by atoms with van der Waals surface area (Å²) >= 11 is 4.35. The number of aromatic hydroxyl groups is 1. The fraction of sp³-hybridized carbons (Fsp3) is 0.182. The zero-order valence-corrected chi connectivity index (χ0v) is 11.4. The molecule has 0 spiro atoms. The van der Waals surface area contributed by atoms with Gasteiger partial charge in [-0.3, -0.25) is 0 Å². The lowest BCUT2D eigenvalue weighted by Gasteiger charge is -1.99. The number of nitrogen functional groups attached to an aromatic ring is 1. The van der Waals surface area contributed by atoms with E-state index in [1.165, 1.54) is 0 Å². The van der Waals surface area contributed by atoms with Gasteiger partial charge in [0.1, 0.15) is 10.6 Å². The second kappa shape index (κ2) is 4.54. The molecule has 0 saturated carbocycles. The van der Waals surface area contributed by atoms with E-state index in [0.29, 0.717) is 31.7 Å². The summed E-state index contributed by atoms with van der Waals surface area (Å²) in [5.41, 5.74) is 6.23. The predicted molar refractivity (Wildman–Crippen MR) is 71.6 cm³/mol. The number of fused-ring (bicyclic) bond motifs is 1. The molecule has 2 rings (SSSR count). The number of esters is 1. The smallest absolute Gasteiger partial charge is 0.350 e. The molecule has 1 heterocycles. The third kappa shape index (κ3) is 1.98. The van der Waals surface area contributed by atoms with Gasteiger partial charge < -0.3 is 15.6 Å². The average molecular weight is 316 g/mol. The van der Waals surface area contributed by atoms with Crippen LogP contribution in [0.25, 0.3) is 10.1 Å². The first-order chi connectivity index (χ1) is 8.06. The average Bonchev–Trinajstić information content (AvgIpc) is 2.63. The largest absolute Gasteiger partial charge is 0.505 e. The second-order valence-electron chi connectivity index (χ2n) is 3.34. The Labute approximate surface area is 110 Å². The molecular weight excluding hydrogens is 306 g/mol. The molecule has 0 fully saturated rings. The van der Waals surface area contributed by atoms with Crippen LogP contribution in [0.4, 0.5) is 5.69 Å². The molecule has 0 unspecified atom stereocenters. The summed E-state index contributed by atoms with van der Waals surface area (Å²) in [6.45, 7) is 2.03. The summed E-state index contributed by atoms with van der Waals surface area (Å²) in [4.78, 5) is 12.0. The Bertz CT molecular complexity index is 594. The molecule has 1 aromatic heterocycles. The summed E-state index contributed by atoms with van der Waals surface area (Å²) in [6.07, 6.45) is 0. The van der Waals surface area contributed by atoms with Gasteiger partial charge >= 0.3 is 5.97 Å². The van der Waals surface area contributed by atoms with E-state index in [1.807, 2.05) is 0 Å². The molecule has 4 nitrogen and oxygen atoms in total. The van der Waals surface area contributed by atoms with Gasteiger partial charge in [-0.15, -0.1) is 11.3 Å². The maximum Gasteiger partial charge on any atom is 0.350 e. The fourth-order valence-electron chi connectivity index (χ4n) is 1.49. The van der Waals surface area contributed by atoms with Gasteiger partial charge in [0.25, 0.3) is 0 Å². The lowest BCUT2D eigenvalue weighted by Crippen LogP contribution is -2.04. The molecule has 2 aromatic rings. The Kier molecular flexibility index (Phi) is 3.26. The van der Waals surface area contributed by atoms with Crippen LogP contribution in [0.5, 0.6) is 5.75 Å². The summed E-state index contributed by atoms with van der Waals surface area (Å²) in [6, 6.07) is 3.45. The normalized spacial score (nSPS) is 10.7. The number of carbonyl (C=O) groups is 1. The predicted octanol–water partition coefficient (Wildman–Crippen LogP) is 3.13. The van der Waals surface area contributed by atoms with E-state index in [0.717, 1.165) is 11.3 Å². The van der Waals surface area contributed by atoms with E-state index in [9.17, 15) is 9.90 Å². The van der Waals surface area contributed by atoms with Gasteiger partial charge in [-0.2, -0.15) is 0 Å². The van der Waals surface area contributed by atoms with Gasteiger partial charge in [0.05, 0.1) is 21.5 Å². The molecule has 6 heteroatoms. The number of hydrogen-bond acceptors (Lipinski definition) is 5. The summed E-state index contributed by atoms with van der Waals surface area (Å²) in [5.74, 6) is -0.364. The van der Waals surface area contributed by atoms with Crippen molar-refractivity contribution in [3.05, 3.63) is 21.5 Å². The van der Waals surface area contributed by atoms with Crippen molar-refractivity contribution in [2.45, 2.75) is 6.92 Å². The minimum atomic E-state index is -0.457. The van der Waals surface area contributed by atoms with E-state index in [4.69, 9.17) is 10.5 Å². The molecule has 0 saturated heterocycles. The highest BCUT2D eigenvalue weighted by molar-refractivity contribution is 9.10. The fourth-order valence-corrected chi connectivity index (χ4v) is 3.01. The third-order valence-electron chi connectivity index (χ3n) is 2.28. The van der Waals surface area contributed by atoms with Gasteiger partial charge in [0, 0.05) is 5.39 Å². The Hall–Kier alpha value is -1.27. The maximum atomic E-state index is 11.6. The van der Waals surface area contributed by atoms with Crippen LogP contribution >= 0.6 is 27.3 Å². The number of phenolic OH excluding ortho intramolecular Hbond substituents is 1. The lowest BCUT2D eigenvalue weighted by molar-refractivity contribution is 0.0533. The van der Waals surface area contributed by atoms with Crippen molar-refractivity contribution in [3.8, 4) is 5.75 Å². The molecular formula is C11H10BrNO3S. The van der Waals surface area contributed by atoms with Crippen LogP contribution in [-0.4, -0.2) is 17.7 Å². The van der Waals surface area contributed by atoms with Crippen LogP contribution < -0.4 is 5.73 Å². The van der Waals surface area contributed by atoms with Gasteiger partial charge in [0.15, 0.2) is 0 Å². The molecule has 0 amide bonds. The third-order valence-corrected chi connectivity index (χ3v) is 4.13. The van der Waals surface area contributed by atoms with Crippen molar-refractivity contribution in [3.63, 3.8) is 0 Å². The Morgan fingerprint density at radius 1 is 1.59 bits per heavy atom. The summed E-state index contributed by atoms with van der Waals surface area (Å²) in [7, 11) is 0. The number of hydrogen-bond donors (Lipinski definition) is 2. The van der Waals surface area contributed by atoms with Crippen molar-refractivity contribution < 1.29 is 14.6 Å². The van der Waals surface area contributed by atoms with Crippen molar-refractivity contribution in [1.29, 1.82) is 0 Å². The van der Waals surface area contributed by atoms with Gasteiger partial charge in [-0.25, -0.2) is 4.79 Å². The highest BCUT2D eigenvalue weighted by Gasteiger charge is 2.19. The van der Waals surface area contributed by atoms with E-state index >= 15 is 0 Å². The molecule has 0 aliphatic rings. The number of halogens is 1. The second-order valence-corrected chi connectivity index (χ2v) is 5.21. The molecule has 0 atom stereocenters. The summed E-state index contributed by atoms with van der Waals surface area (Å²) in [5, 5.41) is 10.5. The number of benzene rings is 1. The zero-order chi connectivity index (χ0) is 12.6. The van der Waals surface area contributed by atoms with Crippen LogP contribution in [0.15, 0.2) is 16.6 Å². The molecule has 90 valence electrons. The monoisotopic (exact) mass is 315 g/mol. The SMILES string of the molecule is CCOC(=O)c1sc2c(O)c(Br)ccc2c1N. The number of thiophene rings is 1. The molecule has 0 radical (unpaired) electrons. The molecule has 1 aromatic carbocycles. The Morgan fingerprint density at radius 3 is 2.94 bits per heavy atom. The van der Waals surface area contributed by atoms with Crippen molar-refractivity contribution >= 4 is 49.0 Å².